The second-order valence-corrected chi connectivity index (χ2v) is 6.61. The number of hydrogen-bond donors (Lipinski definition) is 0. The van der Waals surface area contributed by atoms with Gasteiger partial charge in [0.15, 0.2) is 0 Å². The smallest absolute Gasteiger partial charge is 0.115 e. The Kier molecular flexibility index (Phi) is 4.46. The predicted octanol–water partition coefficient (Wildman–Crippen LogP) is 5.88. The molecular formula is C15H10BrCl3N2. The number of para-hydroxylation sites is 1. The molecule has 0 radical (unpaired) electrons. The van der Waals surface area contributed by atoms with Gasteiger partial charge < -0.3 is 0 Å². The molecule has 0 unspecified atom stereocenters. The van der Waals surface area contributed by atoms with Crippen LogP contribution in [0.25, 0.3) is 16.7 Å². The van der Waals surface area contributed by atoms with Crippen molar-refractivity contribution in [2.24, 2.45) is 0 Å². The lowest BCUT2D eigenvalue weighted by atomic mass is 10.2. The maximum absolute atomic E-state index is 6.36. The van der Waals surface area contributed by atoms with Crippen molar-refractivity contribution < 1.29 is 0 Å². The quantitative estimate of drug-likeness (QED) is 0.499. The van der Waals surface area contributed by atoms with Crippen LogP contribution in [0.2, 0.25) is 10.0 Å². The van der Waals surface area contributed by atoms with Gasteiger partial charge in [0.1, 0.15) is 5.82 Å². The number of aromatic nitrogens is 2. The minimum atomic E-state index is 0.479. The molecule has 0 bridgehead atoms. The molecule has 2 aromatic carbocycles. The molecule has 0 spiro atoms. The number of rotatable bonds is 3. The van der Waals surface area contributed by atoms with Crippen molar-refractivity contribution in [3.05, 3.63) is 56.7 Å². The molecular weight excluding hydrogens is 394 g/mol. The van der Waals surface area contributed by atoms with Crippen LogP contribution < -0.4 is 0 Å². The van der Waals surface area contributed by atoms with E-state index in [0.29, 0.717) is 22.3 Å². The van der Waals surface area contributed by atoms with Gasteiger partial charge in [0.2, 0.25) is 0 Å². The van der Waals surface area contributed by atoms with E-state index in [-0.39, 0.29) is 0 Å². The summed E-state index contributed by atoms with van der Waals surface area (Å²) < 4.78 is 2.95. The van der Waals surface area contributed by atoms with E-state index in [1.807, 2.05) is 41.0 Å². The van der Waals surface area contributed by atoms with E-state index in [4.69, 9.17) is 34.8 Å². The average Bonchev–Trinajstić information content (AvgIpc) is 2.77. The van der Waals surface area contributed by atoms with Gasteiger partial charge in [0.25, 0.3) is 0 Å². The Morgan fingerprint density at radius 3 is 2.48 bits per heavy atom. The second kappa shape index (κ2) is 6.17. The number of alkyl halides is 1. The second-order valence-electron chi connectivity index (χ2n) is 4.51. The molecule has 0 N–H and O–H groups in total. The summed E-state index contributed by atoms with van der Waals surface area (Å²) in [6.07, 6.45) is 0.634. The standard InChI is InChI=1S/C15H10BrCl3N2/c16-9-4-5-12-13(8-9)21(14(20-12)6-7-17)15-10(18)2-1-3-11(15)19/h1-5,8H,6-7H2. The van der Waals surface area contributed by atoms with Gasteiger partial charge in [0.05, 0.1) is 26.8 Å². The normalized spacial score (nSPS) is 11.2. The van der Waals surface area contributed by atoms with Crippen molar-refractivity contribution in [1.29, 1.82) is 0 Å². The van der Waals surface area contributed by atoms with Crippen LogP contribution in [0.4, 0.5) is 0 Å². The van der Waals surface area contributed by atoms with Crippen LogP contribution in [0.1, 0.15) is 5.82 Å². The average molecular weight is 405 g/mol. The van der Waals surface area contributed by atoms with Crippen molar-refractivity contribution in [1.82, 2.24) is 9.55 Å². The Hall–Kier alpha value is -0.740. The van der Waals surface area contributed by atoms with Crippen LogP contribution in [-0.2, 0) is 6.42 Å². The zero-order chi connectivity index (χ0) is 15.0. The van der Waals surface area contributed by atoms with Gasteiger partial charge in [-0.3, -0.25) is 4.57 Å². The highest BCUT2D eigenvalue weighted by molar-refractivity contribution is 9.10. The summed E-state index contributed by atoms with van der Waals surface area (Å²) in [5, 5.41) is 1.16. The van der Waals surface area contributed by atoms with Crippen LogP contribution in [0.15, 0.2) is 40.9 Å². The van der Waals surface area contributed by atoms with Crippen molar-refractivity contribution in [2.75, 3.05) is 5.88 Å². The summed E-state index contributed by atoms with van der Waals surface area (Å²) >= 11 is 22.1. The molecule has 0 fully saturated rings. The molecule has 0 saturated heterocycles. The summed E-state index contributed by atoms with van der Waals surface area (Å²) in [7, 11) is 0. The molecule has 0 saturated carbocycles. The summed E-state index contributed by atoms with van der Waals surface area (Å²) in [5.41, 5.74) is 2.57. The van der Waals surface area contributed by atoms with Gasteiger partial charge in [-0.15, -0.1) is 11.6 Å². The SMILES string of the molecule is ClCCc1nc2ccc(Br)cc2n1-c1c(Cl)cccc1Cl. The van der Waals surface area contributed by atoms with Gasteiger partial charge in [-0.05, 0) is 30.3 Å². The van der Waals surface area contributed by atoms with Crippen LogP contribution in [0.3, 0.4) is 0 Å². The van der Waals surface area contributed by atoms with E-state index in [1.165, 1.54) is 0 Å². The Morgan fingerprint density at radius 1 is 1.10 bits per heavy atom. The monoisotopic (exact) mass is 402 g/mol. The first-order valence-corrected chi connectivity index (χ1v) is 8.37. The fraction of sp³-hybridized carbons (Fsp3) is 0.133. The number of nitrogens with zero attached hydrogens (tertiary/aromatic N) is 2. The maximum atomic E-state index is 6.36. The van der Waals surface area contributed by atoms with E-state index < -0.39 is 0 Å². The molecule has 0 atom stereocenters. The molecule has 0 aliphatic carbocycles. The molecule has 0 amide bonds. The fourth-order valence-corrected chi connectivity index (χ4v) is 3.39. The van der Waals surface area contributed by atoms with E-state index in [0.717, 1.165) is 27.0 Å². The summed E-state index contributed by atoms with van der Waals surface area (Å²) in [5.74, 6) is 1.32. The summed E-state index contributed by atoms with van der Waals surface area (Å²) in [4.78, 5) is 4.64. The van der Waals surface area contributed by atoms with Crippen molar-refractivity contribution in [3.8, 4) is 5.69 Å². The lowest BCUT2D eigenvalue weighted by Gasteiger charge is -2.12. The number of hydrogen-bond acceptors (Lipinski definition) is 1. The zero-order valence-corrected chi connectivity index (χ0v) is 14.6. The number of benzene rings is 2. The highest BCUT2D eigenvalue weighted by atomic mass is 79.9. The van der Waals surface area contributed by atoms with E-state index in [1.54, 1.807) is 0 Å². The molecule has 1 aromatic heterocycles. The number of imidazole rings is 1. The summed E-state index contributed by atoms with van der Waals surface area (Å²) in [6.45, 7) is 0. The molecule has 2 nitrogen and oxygen atoms in total. The maximum Gasteiger partial charge on any atom is 0.115 e. The van der Waals surface area contributed by atoms with Gasteiger partial charge in [-0.2, -0.15) is 0 Å². The van der Waals surface area contributed by atoms with Crippen molar-refractivity contribution >= 4 is 61.8 Å². The molecule has 1 heterocycles. The molecule has 108 valence electrons. The number of halogens is 4. The van der Waals surface area contributed by atoms with Gasteiger partial charge in [0, 0.05) is 16.8 Å². The van der Waals surface area contributed by atoms with Gasteiger partial charge in [-0.1, -0.05) is 45.2 Å². The Bertz CT molecular complexity index is 794. The third-order valence-corrected chi connectivity index (χ3v) is 4.46. The predicted molar refractivity (Wildman–Crippen MR) is 93.2 cm³/mol. The highest BCUT2D eigenvalue weighted by Crippen LogP contribution is 2.33. The van der Waals surface area contributed by atoms with Crippen LogP contribution in [-0.4, -0.2) is 15.4 Å². The minimum absolute atomic E-state index is 0.479. The third kappa shape index (κ3) is 2.80. The fourth-order valence-electron chi connectivity index (χ4n) is 2.30. The van der Waals surface area contributed by atoms with Crippen LogP contribution in [0.5, 0.6) is 0 Å². The molecule has 3 rings (SSSR count). The molecule has 21 heavy (non-hydrogen) atoms. The minimum Gasteiger partial charge on any atom is -0.293 e. The third-order valence-electron chi connectivity index (χ3n) is 3.17. The molecule has 3 aromatic rings. The lowest BCUT2D eigenvalue weighted by Crippen LogP contribution is -2.03. The first kappa shape index (κ1) is 15.2. The number of aryl methyl sites for hydroxylation is 1. The largest absolute Gasteiger partial charge is 0.293 e. The van der Waals surface area contributed by atoms with E-state index in [9.17, 15) is 0 Å². The first-order chi connectivity index (χ1) is 10.1. The Labute approximate surface area is 145 Å². The highest BCUT2D eigenvalue weighted by Gasteiger charge is 2.17. The van der Waals surface area contributed by atoms with Crippen molar-refractivity contribution in [2.45, 2.75) is 6.42 Å². The molecule has 0 aliphatic rings. The van der Waals surface area contributed by atoms with E-state index >= 15 is 0 Å². The van der Waals surface area contributed by atoms with E-state index in [2.05, 4.69) is 20.9 Å². The zero-order valence-electron chi connectivity index (χ0n) is 10.8. The van der Waals surface area contributed by atoms with Gasteiger partial charge in [-0.25, -0.2) is 4.98 Å². The lowest BCUT2D eigenvalue weighted by molar-refractivity contribution is 0.912. The first-order valence-electron chi connectivity index (χ1n) is 6.29. The summed E-state index contributed by atoms with van der Waals surface area (Å²) in [6, 6.07) is 11.4. The molecule has 6 heteroatoms. The Morgan fingerprint density at radius 2 is 1.81 bits per heavy atom. The number of fused-ring (bicyclic) bond motifs is 1. The topological polar surface area (TPSA) is 17.8 Å². The van der Waals surface area contributed by atoms with Gasteiger partial charge >= 0.3 is 0 Å². The van der Waals surface area contributed by atoms with Crippen LogP contribution in [0, 0.1) is 0 Å². The Balaban J connectivity index is 2.38. The van der Waals surface area contributed by atoms with Crippen molar-refractivity contribution in [3.63, 3.8) is 0 Å². The molecule has 0 aliphatic heterocycles. The van der Waals surface area contributed by atoms with Crippen LogP contribution >= 0.6 is 50.7 Å².